The third-order valence-electron chi connectivity index (χ3n) is 2.94. The summed E-state index contributed by atoms with van der Waals surface area (Å²) in [6.45, 7) is 6.32. The van der Waals surface area contributed by atoms with E-state index >= 15 is 0 Å². The van der Waals surface area contributed by atoms with Gasteiger partial charge in [0.1, 0.15) is 0 Å². The summed E-state index contributed by atoms with van der Waals surface area (Å²) < 4.78 is 1.09. The number of hydrogen-bond acceptors (Lipinski definition) is 2. The Morgan fingerprint density at radius 3 is 2.52 bits per heavy atom. The van der Waals surface area contributed by atoms with Crippen molar-refractivity contribution in [1.82, 2.24) is 5.32 Å². The van der Waals surface area contributed by atoms with Gasteiger partial charge in [-0.2, -0.15) is 0 Å². The van der Waals surface area contributed by atoms with Gasteiger partial charge in [-0.1, -0.05) is 59.2 Å². The Morgan fingerprint density at radius 2 is 1.86 bits per heavy atom. The second-order valence-electron chi connectivity index (χ2n) is 5.33. The van der Waals surface area contributed by atoms with Crippen molar-refractivity contribution in [3.8, 4) is 0 Å². The molecule has 4 heteroatoms. The molecule has 0 atom stereocenters. The number of nitrogens with one attached hydrogen (secondary N) is 1. The lowest BCUT2D eigenvalue weighted by Crippen LogP contribution is -2.19. The predicted octanol–water partition coefficient (Wildman–Crippen LogP) is 6.00. The van der Waals surface area contributed by atoms with Gasteiger partial charge in [-0.25, -0.2) is 0 Å². The van der Waals surface area contributed by atoms with Crippen LogP contribution >= 0.6 is 39.3 Å². The summed E-state index contributed by atoms with van der Waals surface area (Å²) in [7, 11) is 0. The lowest BCUT2D eigenvalue weighted by atomic mass is 10.2. The van der Waals surface area contributed by atoms with Gasteiger partial charge in [0.25, 0.3) is 0 Å². The highest BCUT2D eigenvalue weighted by Crippen LogP contribution is 2.33. The minimum atomic E-state index is 0.653. The van der Waals surface area contributed by atoms with Crippen LogP contribution in [0.3, 0.4) is 0 Å². The Labute approximate surface area is 144 Å². The number of rotatable bonds is 6. The Balaban J connectivity index is 2.12. The minimum absolute atomic E-state index is 0.653. The van der Waals surface area contributed by atoms with Crippen LogP contribution in [0.4, 0.5) is 0 Å². The van der Waals surface area contributed by atoms with Gasteiger partial charge >= 0.3 is 0 Å². The quantitative estimate of drug-likeness (QED) is 0.655. The standard InChI is InChI=1S/C17H19BrClNS/c1-12(2)10-20-11-13-3-6-15(19)9-17(13)21-16-7-4-14(18)5-8-16/h3-9,12,20H,10-11H2,1-2H3. The summed E-state index contributed by atoms with van der Waals surface area (Å²) in [5.41, 5.74) is 1.29. The van der Waals surface area contributed by atoms with Gasteiger partial charge in [0, 0.05) is 25.8 Å². The first-order valence-electron chi connectivity index (χ1n) is 6.97. The van der Waals surface area contributed by atoms with E-state index in [1.807, 2.05) is 12.1 Å². The number of halogens is 2. The molecule has 0 heterocycles. The van der Waals surface area contributed by atoms with Crippen LogP contribution in [0.15, 0.2) is 56.7 Å². The summed E-state index contributed by atoms with van der Waals surface area (Å²) in [5, 5.41) is 4.27. The van der Waals surface area contributed by atoms with Crippen LogP contribution < -0.4 is 5.32 Å². The SMILES string of the molecule is CC(C)CNCc1ccc(Cl)cc1Sc1ccc(Br)cc1. The van der Waals surface area contributed by atoms with Crippen molar-refractivity contribution >= 4 is 39.3 Å². The zero-order chi connectivity index (χ0) is 15.2. The lowest BCUT2D eigenvalue weighted by molar-refractivity contribution is 0.550. The third-order valence-corrected chi connectivity index (χ3v) is 4.81. The van der Waals surface area contributed by atoms with Gasteiger partial charge < -0.3 is 5.32 Å². The molecular weight excluding hydrogens is 366 g/mol. The first kappa shape index (κ1) is 16.9. The molecule has 0 saturated carbocycles. The molecule has 0 saturated heterocycles. The largest absolute Gasteiger partial charge is 0.312 e. The van der Waals surface area contributed by atoms with Crippen molar-refractivity contribution in [2.24, 2.45) is 5.92 Å². The van der Waals surface area contributed by atoms with Crippen molar-refractivity contribution in [2.45, 2.75) is 30.2 Å². The van der Waals surface area contributed by atoms with E-state index in [-0.39, 0.29) is 0 Å². The summed E-state index contributed by atoms with van der Waals surface area (Å²) in [4.78, 5) is 2.42. The summed E-state index contributed by atoms with van der Waals surface area (Å²) in [5.74, 6) is 0.653. The van der Waals surface area contributed by atoms with E-state index in [2.05, 4.69) is 65.4 Å². The van der Waals surface area contributed by atoms with Gasteiger partial charge in [-0.15, -0.1) is 0 Å². The van der Waals surface area contributed by atoms with E-state index in [9.17, 15) is 0 Å². The summed E-state index contributed by atoms with van der Waals surface area (Å²) in [6, 6.07) is 14.5. The molecule has 0 aliphatic heterocycles. The topological polar surface area (TPSA) is 12.0 Å². The van der Waals surface area contributed by atoms with Crippen molar-refractivity contribution in [3.63, 3.8) is 0 Å². The molecule has 21 heavy (non-hydrogen) atoms. The fourth-order valence-corrected chi connectivity index (χ4v) is 3.38. The number of benzene rings is 2. The summed E-state index contributed by atoms with van der Waals surface area (Å²) >= 11 is 11.4. The maximum absolute atomic E-state index is 6.15. The van der Waals surface area contributed by atoms with Crippen molar-refractivity contribution in [1.29, 1.82) is 0 Å². The molecule has 1 nitrogen and oxygen atoms in total. The van der Waals surface area contributed by atoms with Crippen LogP contribution in [0.2, 0.25) is 5.02 Å². The van der Waals surface area contributed by atoms with Gasteiger partial charge in [0.05, 0.1) is 0 Å². The van der Waals surface area contributed by atoms with E-state index in [0.29, 0.717) is 5.92 Å². The molecule has 0 radical (unpaired) electrons. The second-order valence-corrected chi connectivity index (χ2v) is 7.80. The molecule has 0 spiro atoms. The first-order chi connectivity index (χ1) is 10.0. The van der Waals surface area contributed by atoms with E-state index in [1.54, 1.807) is 11.8 Å². The highest BCUT2D eigenvalue weighted by Gasteiger charge is 2.06. The van der Waals surface area contributed by atoms with Crippen LogP contribution in [0.1, 0.15) is 19.4 Å². The maximum atomic E-state index is 6.15. The van der Waals surface area contributed by atoms with Crippen LogP contribution in [0.5, 0.6) is 0 Å². The first-order valence-corrected chi connectivity index (χ1v) is 8.96. The highest BCUT2D eigenvalue weighted by atomic mass is 79.9. The minimum Gasteiger partial charge on any atom is -0.312 e. The Morgan fingerprint density at radius 1 is 1.14 bits per heavy atom. The summed E-state index contributed by atoms with van der Waals surface area (Å²) in [6.07, 6.45) is 0. The molecule has 2 aromatic carbocycles. The fourth-order valence-electron chi connectivity index (χ4n) is 1.89. The van der Waals surface area contributed by atoms with E-state index < -0.39 is 0 Å². The Kier molecular flexibility index (Phi) is 6.62. The molecular formula is C17H19BrClNS. The van der Waals surface area contributed by atoms with Gasteiger partial charge in [0.15, 0.2) is 0 Å². The van der Waals surface area contributed by atoms with Crippen LogP contribution in [-0.4, -0.2) is 6.54 Å². The van der Waals surface area contributed by atoms with Gasteiger partial charge in [0.2, 0.25) is 0 Å². The molecule has 0 amide bonds. The predicted molar refractivity (Wildman–Crippen MR) is 96.3 cm³/mol. The third kappa shape index (κ3) is 5.67. The molecule has 0 aromatic heterocycles. The normalized spacial score (nSPS) is 11.1. The van der Waals surface area contributed by atoms with Gasteiger partial charge in [-0.05, 0) is 54.4 Å². The van der Waals surface area contributed by atoms with Gasteiger partial charge in [-0.3, -0.25) is 0 Å². The van der Waals surface area contributed by atoms with E-state index in [4.69, 9.17) is 11.6 Å². The molecule has 0 bridgehead atoms. The molecule has 0 unspecified atom stereocenters. The zero-order valence-electron chi connectivity index (χ0n) is 12.2. The average molecular weight is 385 g/mol. The van der Waals surface area contributed by atoms with Crippen LogP contribution in [0.25, 0.3) is 0 Å². The van der Waals surface area contributed by atoms with E-state index in [1.165, 1.54) is 15.4 Å². The fraction of sp³-hybridized carbons (Fsp3) is 0.294. The lowest BCUT2D eigenvalue weighted by Gasteiger charge is -2.12. The van der Waals surface area contributed by atoms with Crippen molar-refractivity contribution in [2.75, 3.05) is 6.54 Å². The molecule has 0 aliphatic rings. The van der Waals surface area contributed by atoms with Crippen molar-refractivity contribution < 1.29 is 0 Å². The molecule has 2 aromatic rings. The van der Waals surface area contributed by atoms with E-state index in [0.717, 1.165) is 22.6 Å². The smallest absolute Gasteiger partial charge is 0.0417 e. The number of hydrogen-bond donors (Lipinski definition) is 1. The van der Waals surface area contributed by atoms with Crippen LogP contribution in [-0.2, 0) is 6.54 Å². The highest BCUT2D eigenvalue weighted by molar-refractivity contribution is 9.10. The molecule has 0 fully saturated rings. The van der Waals surface area contributed by atoms with Crippen LogP contribution in [0, 0.1) is 5.92 Å². The zero-order valence-corrected chi connectivity index (χ0v) is 15.4. The Hall–Kier alpha value is -0.480. The Bertz CT molecular complexity index is 584. The monoisotopic (exact) mass is 383 g/mol. The maximum Gasteiger partial charge on any atom is 0.0417 e. The molecule has 1 N–H and O–H groups in total. The average Bonchev–Trinajstić information content (AvgIpc) is 2.43. The molecule has 2 rings (SSSR count). The molecule has 0 aliphatic carbocycles. The van der Waals surface area contributed by atoms with Crippen molar-refractivity contribution in [3.05, 3.63) is 57.5 Å². The molecule has 112 valence electrons. The second kappa shape index (κ2) is 8.23.